The molecule has 0 unspecified atom stereocenters. The van der Waals surface area contributed by atoms with Crippen LogP contribution >= 0.6 is 0 Å². The predicted octanol–water partition coefficient (Wildman–Crippen LogP) is 2.46. The van der Waals surface area contributed by atoms with Gasteiger partial charge < -0.3 is 14.8 Å². The summed E-state index contributed by atoms with van der Waals surface area (Å²) in [5.74, 6) is 0.743. The lowest BCUT2D eigenvalue weighted by Gasteiger charge is -2.07. The van der Waals surface area contributed by atoms with Crippen LogP contribution in [0.3, 0.4) is 0 Å². The summed E-state index contributed by atoms with van der Waals surface area (Å²) in [5.41, 5.74) is 0. The highest BCUT2D eigenvalue weighted by atomic mass is 16.5. The van der Waals surface area contributed by atoms with Gasteiger partial charge in [0.25, 0.3) is 0 Å². The van der Waals surface area contributed by atoms with E-state index in [0.29, 0.717) is 0 Å². The third-order valence-corrected chi connectivity index (χ3v) is 2.17. The molecule has 0 spiro atoms. The lowest BCUT2D eigenvalue weighted by atomic mass is 10.2. The minimum atomic E-state index is 0.736. The van der Waals surface area contributed by atoms with Gasteiger partial charge in [0.15, 0.2) is 0 Å². The summed E-state index contributed by atoms with van der Waals surface area (Å²) in [6.07, 6.45) is 3.42. The van der Waals surface area contributed by atoms with Gasteiger partial charge in [-0.25, -0.2) is 0 Å². The zero-order valence-corrected chi connectivity index (χ0v) is 11.3. The van der Waals surface area contributed by atoms with E-state index in [1.807, 2.05) is 0 Å². The lowest BCUT2D eigenvalue weighted by Crippen LogP contribution is -2.21. The van der Waals surface area contributed by atoms with E-state index in [9.17, 15) is 0 Å². The Morgan fingerprint density at radius 3 is 2.25 bits per heavy atom. The second-order valence-electron chi connectivity index (χ2n) is 4.53. The largest absolute Gasteiger partial charge is 0.379 e. The Labute approximate surface area is 101 Å². The standard InChI is InChI=1S/C13H29NO2/c1-4-8-15-10-11-16-9-6-5-7-14-12-13(2)3/h13-14H,4-12H2,1-3H3. The van der Waals surface area contributed by atoms with Gasteiger partial charge in [-0.15, -0.1) is 0 Å². The molecule has 3 heteroatoms. The molecule has 0 aromatic carbocycles. The van der Waals surface area contributed by atoms with Gasteiger partial charge in [-0.2, -0.15) is 0 Å². The van der Waals surface area contributed by atoms with Crippen LogP contribution in [0.1, 0.15) is 40.0 Å². The van der Waals surface area contributed by atoms with Crippen molar-refractivity contribution >= 4 is 0 Å². The zero-order valence-electron chi connectivity index (χ0n) is 11.3. The van der Waals surface area contributed by atoms with Crippen molar-refractivity contribution in [2.45, 2.75) is 40.0 Å². The van der Waals surface area contributed by atoms with Crippen molar-refractivity contribution in [2.75, 3.05) is 39.5 Å². The highest BCUT2D eigenvalue weighted by molar-refractivity contribution is 4.51. The molecule has 0 saturated carbocycles. The third kappa shape index (κ3) is 13.9. The molecule has 0 aliphatic heterocycles. The summed E-state index contributed by atoms with van der Waals surface area (Å²) >= 11 is 0. The molecule has 0 saturated heterocycles. The molecular formula is C13H29NO2. The molecule has 16 heavy (non-hydrogen) atoms. The minimum Gasteiger partial charge on any atom is -0.379 e. The zero-order chi connectivity index (χ0) is 12.1. The smallest absolute Gasteiger partial charge is 0.0700 e. The topological polar surface area (TPSA) is 30.5 Å². The number of hydrogen-bond acceptors (Lipinski definition) is 3. The predicted molar refractivity (Wildman–Crippen MR) is 68.9 cm³/mol. The minimum absolute atomic E-state index is 0.736. The van der Waals surface area contributed by atoms with Gasteiger partial charge in [0.1, 0.15) is 0 Å². The summed E-state index contributed by atoms with van der Waals surface area (Å²) in [7, 11) is 0. The molecule has 0 atom stereocenters. The fourth-order valence-electron chi connectivity index (χ4n) is 1.31. The van der Waals surface area contributed by atoms with Crippen LogP contribution in [0.25, 0.3) is 0 Å². The molecule has 0 bridgehead atoms. The van der Waals surface area contributed by atoms with Crippen LogP contribution in [0.5, 0.6) is 0 Å². The van der Waals surface area contributed by atoms with Crippen LogP contribution in [-0.4, -0.2) is 39.5 Å². The molecule has 0 aliphatic rings. The lowest BCUT2D eigenvalue weighted by molar-refractivity contribution is 0.0467. The van der Waals surface area contributed by atoms with Gasteiger partial charge >= 0.3 is 0 Å². The number of hydrogen-bond donors (Lipinski definition) is 1. The van der Waals surface area contributed by atoms with Crippen molar-refractivity contribution < 1.29 is 9.47 Å². The summed E-state index contributed by atoms with van der Waals surface area (Å²) in [5, 5.41) is 3.42. The molecule has 0 aromatic rings. The molecule has 0 aromatic heterocycles. The SMILES string of the molecule is CCCOCCOCCCCNCC(C)C. The molecule has 0 heterocycles. The van der Waals surface area contributed by atoms with Crippen LogP contribution in [0, 0.1) is 5.92 Å². The first-order valence-electron chi connectivity index (χ1n) is 6.63. The molecule has 0 rings (SSSR count). The van der Waals surface area contributed by atoms with E-state index in [-0.39, 0.29) is 0 Å². The number of unbranched alkanes of at least 4 members (excludes halogenated alkanes) is 1. The third-order valence-electron chi connectivity index (χ3n) is 2.17. The Kier molecular flexibility index (Phi) is 12.9. The van der Waals surface area contributed by atoms with E-state index in [0.717, 1.165) is 58.3 Å². The van der Waals surface area contributed by atoms with Gasteiger partial charge in [-0.3, -0.25) is 0 Å². The second kappa shape index (κ2) is 12.9. The van der Waals surface area contributed by atoms with Crippen LogP contribution in [0.4, 0.5) is 0 Å². The fourth-order valence-corrected chi connectivity index (χ4v) is 1.31. The van der Waals surface area contributed by atoms with Crippen molar-refractivity contribution in [3.63, 3.8) is 0 Å². The molecule has 1 N–H and O–H groups in total. The maximum absolute atomic E-state index is 5.46. The fraction of sp³-hybridized carbons (Fsp3) is 1.00. The molecule has 3 nitrogen and oxygen atoms in total. The van der Waals surface area contributed by atoms with E-state index < -0.39 is 0 Å². The normalized spacial score (nSPS) is 11.2. The van der Waals surface area contributed by atoms with Gasteiger partial charge in [-0.05, 0) is 38.3 Å². The van der Waals surface area contributed by atoms with Crippen LogP contribution < -0.4 is 5.32 Å². The van der Waals surface area contributed by atoms with Gasteiger partial charge in [0.05, 0.1) is 13.2 Å². The first-order chi connectivity index (χ1) is 7.77. The van der Waals surface area contributed by atoms with Gasteiger partial charge in [0.2, 0.25) is 0 Å². The molecule has 0 amide bonds. The van der Waals surface area contributed by atoms with Crippen molar-refractivity contribution in [3.05, 3.63) is 0 Å². The van der Waals surface area contributed by atoms with E-state index in [1.54, 1.807) is 0 Å². The quantitative estimate of drug-likeness (QED) is 0.523. The van der Waals surface area contributed by atoms with E-state index in [1.165, 1.54) is 6.42 Å². The Morgan fingerprint density at radius 2 is 1.62 bits per heavy atom. The average Bonchev–Trinajstić information content (AvgIpc) is 2.25. The Morgan fingerprint density at radius 1 is 0.938 bits per heavy atom. The first-order valence-corrected chi connectivity index (χ1v) is 6.63. The molecule has 0 aliphatic carbocycles. The summed E-state index contributed by atoms with van der Waals surface area (Å²) in [4.78, 5) is 0. The summed E-state index contributed by atoms with van der Waals surface area (Å²) < 4.78 is 10.8. The van der Waals surface area contributed by atoms with Crippen molar-refractivity contribution in [1.82, 2.24) is 5.32 Å². The maximum Gasteiger partial charge on any atom is 0.0700 e. The van der Waals surface area contributed by atoms with Crippen molar-refractivity contribution in [2.24, 2.45) is 5.92 Å². The number of rotatable bonds is 12. The van der Waals surface area contributed by atoms with Crippen LogP contribution in [-0.2, 0) is 9.47 Å². The van der Waals surface area contributed by atoms with E-state index in [2.05, 4.69) is 26.1 Å². The summed E-state index contributed by atoms with van der Waals surface area (Å²) in [6, 6.07) is 0. The Bertz CT molecular complexity index is 129. The Balaban J connectivity index is 2.88. The highest BCUT2D eigenvalue weighted by Crippen LogP contribution is 1.91. The van der Waals surface area contributed by atoms with E-state index >= 15 is 0 Å². The Hall–Kier alpha value is -0.120. The van der Waals surface area contributed by atoms with E-state index in [4.69, 9.17) is 9.47 Å². The van der Waals surface area contributed by atoms with Crippen molar-refractivity contribution in [1.29, 1.82) is 0 Å². The van der Waals surface area contributed by atoms with Gasteiger partial charge in [-0.1, -0.05) is 20.8 Å². The highest BCUT2D eigenvalue weighted by Gasteiger charge is 1.93. The average molecular weight is 231 g/mol. The molecule has 98 valence electrons. The first kappa shape index (κ1) is 15.9. The number of nitrogens with one attached hydrogen (secondary N) is 1. The van der Waals surface area contributed by atoms with Crippen LogP contribution in [0.15, 0.2) is 0 Å². The monoisotopic (exact) mass is 231 g/mol. The number of ether oxygens (including phenoxy) is 2. The second-order valence-corrected chi connectivity index (χ2v) is 4.53. The maximum atomic E-state index is 5.46. The molecular weight excluding hydrogens is 202 g/mol. The van der Waals surface area contributed by atoms with Crippen molar-refractivity contribution in [3.8, 4) is 0 Å². The van der Waals surface area contributed by atoms with Crippen LogP contribution in [0.2, 0.25) is 0 Å². The summed E-state index contributed by atoms with van der Waals surface area (Å²) in [6.45, 7) is 12.0. The molecule has 0 radical (unpaired) electrons. The molecule has 0 fully saturated rings. The van der Waals surface area contributed by atoms with Gasteiger partial charge in [0, 0.05) is 13.2 Å².